The van der Waals surface area contributed by atoms with Gasteiger partial charge in [0.1, 0.15) is 0 Å². The second-order valence-corrected chi connectivity index (χ2v) is 5.39. The molecular weight excluding hydrogens is 244 g/mol. The number of rotatable bonds is 6. The molecule has 16 heavy (non-hydrogen) atoms. The summed E-state index contributed by atoms with van der Waals surface area (Å²) in [4.78, 5) is 0. The molecule has 0 bridgehead atoms. The zero-order valence-electron chi connectivity index (χ0n) is 9.96. The molecule has 92 valence electrons. The van der Waals surface area contributed by atoms with E-state index in [-0.39, 0.29) is 6.04 Å². The summed E-state index contributed by atoms with van der Waals surface area (Å²) in [6, 6.07) is 0.234. The Balaban J connectivity index is 2.69. The van der Waals surface area contributed by atoms with Crippen molar-refractivity contribution in [3.05, 3.63) is 16.4 Å². The fraction of sp³-hybridized carbons (Fsp3) is 0.700. The van der Waals surface area contributed by atoms with Gasteiger partial charge in [0, 0.05) is 25.3 Å². The second-order valence-electron chi connectivity index (χ2n) is 3.70. The zero-order valence-corrected chi connectivity index (χ0v) is 11.5. The van der Waals surface area contributed by atoms with Gasteiger partial charge < -0.3 is 0 Å². The average Bonchev–Trinajstić information content (AvgIpc) is 2.50. The standard InChI is InChI=1S/C10H19ClN4S/c1-4-16-6-8(13-12)5-9-10(11)7(2)14-15(9)3/h8,13H,4-6,12H2,1-3H3. The van der Waals surface area contributed by atoms with Crippen molar-refractivity contribution in [3.63, 3.8) is 0 Å². The number of nitrogens with zero attached hydrogens (tertiary/aromatic N) is 2. The van der Waals surface area contributed by atoms with Crippen LogP contribution >= 0.6 is 23.4 Å². The topological polar surface area (TPSA) is 55.9 Å². The maximum Gasteiger partial charge on any atom is 0.0847 e. The summed E-state index contributed by atoms with van der Waals surface area (Å²) in [7, 11) is 1.91. The van der Waals surface area contributed by atoms with Crippen molar-refractivity contribution in [1.29, 1.82) is 0 Å². The first-order valence-electron chi connectivity index (χ1n) is 5.32. The molecule has 0 saturated heterocycles. The second kappa shape index (κ2) is 6.49. The van der Waals surface area contributed by atoms with Crippen LogP contribution in [0.1, 0.15) is 18.3 Å². The van der Waals surface area contributed by atoms with Gasteiger partial charge in [0.2, 0.25) is 0 Å². The maximum absolute atomic E-state index is 6.19. The fourth-order valence-electron chi connectivity index (χ4n) is 1.56. The van der Waals surface area contributed by atoms with Crippen LogP contribution in [0.5, 0.6) is 0 Å². The predicted octanol–water partition coefficient (Wildman–Crippen LogP) is 1.51. The Labute approximate surface area is 106 Å². The van der Waals surface area contributed by atoms with E-state index in [1.54, 1.807) is 0 Å². The molecule has 0 radical (unpaired) electrons. The fourth-order valence-corrected chi connectivity index (χ4v) is 2.53. The number of aromatic nitrogens is 2. The van der Waals surface area contributed by atoms with E-state index in [9.17, 15) is 0 Å². The van der Waals surface area contributed by atoms with Crippen molar-refractivity contribution in [2.45, 2.75) is 26.3 Å². The largest absolute Gasteiger partial charge is 0.271 e. The highest BCUT2D eigenvalue weighted by atomic mass is 35.5. The van der Waals surface area contributed by atoms with Gasteiger partial charge in [-0.05, 0) is 12.7 Å². The molecule has 0 amide bonds. The maximum atomic E-state index is 6.19. The van der Waals surface area contributed by atoms with Crippen LogP contribution in [0.4, 0.5) is 0 Å². The third-order valence-electron chi connectivity index (χ3n) is 2.46. The summed E-state index contributed by atoms with van der Waals surface area (Å²) in [6.45, 7) is 4.05. The van der Waals surface area contributed by atoms with E-state index in [0.29, 0.717) is 0 Å². The Morgan fingerprint density at radius 2 is 2.31 bits per heavy atom. The molecule has 1 rings (SSSR count). The van der Waals surface area contributed by atoms with Gasteiger partial charge in [0.25, 0.3) is 0 Å². The van der Waals surface area contributed by atoms with Crippen LogP contribution in [0, 0.1) is 6.92 Å². The Morgan fingerprint density at radius 1 is 1.62 bits per heavy atom. The highest BCUT2D eigenvalue weighted by Gasteiger charge is 2.15. The van der Waals surface area contributed by atoms with Gasteiger partial charge >= 0.3 is 0 Å². The number of nitrogens with one attached hydrogen (secondary N) is 1. The minimum Gasteiger partial charge on any atom is -0.271 e. The van der Waals surface area contributed by atoms with E-state index in [4.69, 9.17) is 17.4 Å². The number of hydrazine groups is 1. The Morgan fingerprint density at radius 3 is 2.75 bits per heavy atom. The minimum absolute atomic E-state index is 0.234. The van der Waals surface area contributed by atoms with E-state index in [2.05, 4.69) is 17.4 Å². The number of hydrogen-bond acceptors (Lipinski definition) is 4. The summed E-state index contributed by atoms with van der Waals surface area (Å²) in [6.07, 6.45) is 0.805. The van der Waals surface area contributed by atoms with Crippen LogP contribution in [-0.2, 0) is 13.5 Å². The summed E-state index contributed by atoms with van der Waals surface area (Å²) in [5.41, 5.74) is 4.74. The van der Waals surface area contributed by atoms with Gasteiger partial charge in [-0.3, -0.25) is 16.0 Å². The van der Waals surface area contributed by atoms with Gasteiger partial charge in [-0.15, -0.1) is 0 Å². The van der Waals surface area contributed by atoms with E-state index in [1.165, 1.54) is 0 Å². The van der Waals surface area contributed by atoms with Gasteiger partial charge in [0.15, 0.2) is 0 Å². The van der Waals surface area contributed by atoms with Gasteiger partial charge in [-0.2, -0.15) is 16.9 Å². The molecular formula is C10H19ClN4S. The molecule has 1 aromatic rings. The SMILES string of the molecule is CCSCC(Cc1c(Cl)c(C)nn1C)NN. The van der Waals surface area contributed by atoms with Gasteiger partial charge in [-0.1, -0.05) is 18.5 Å². The van der Waals surface area contributed by atoms with Crippen LogP contribution in [0.2, 0.25) is 5.02 Å². The van der Waals surface area contributed by atoms with E-state index in [1.807, 2.05) is 30.4 Å². The van der Waals surface area contributed by atoms with Crippen LogP contribution < -0.4 is 11.3 Å². The Hall–Kier alpha value is -0.230. The van der Waals surface area contributed by atoms with Crippen molar-refractivity contribution in [1.82, 2.24) is 15.2 Å². The number of thioether (sulfide) groups is 1. The van der Waals surface area contributed by atoms with Crippen molar-refractivity contribution < 1.29 is 0 Å². The first-order chi connectivity index (χ1) is 7.60. The third-order valence-corrected chi connectivity index (χ3v) is 4.00. The Bertz CT molecular complexity index is 340. The van der Waals surface area contributed by atoms with Crippen molar-refractivity contribution in [3.8, 4) is 0 Å². The normalized spacial score (nSPS) is 13.1. The number of nitrogens with two attached hydrogens (primary N) is 1. The molecule has 1 aromatic heterocycles. The summed E-state index contributed by atoms with van der Waals surface area (Å²) >= 11 is 8.05. The number of hydrogen-bond donors (Lipinski definition) is 2. The average molecular weight is 263 g/mol. The number of aryl methyl sites for hydroxylation is 2. The lowest BCUT2D eigenvalue weighted by molar-refractivity contribution is 0.551. The lowest BCUT2D eigenvalue weighted by atomic mass is 10.2. The summed E-state index contributed by atoms with van der Waals surface area (Å²) in [5.74, 6) is 7.61. The van der Waals surface area contributed by atoms with Crippen molar-refractivity contribution in [2.24, 2.45) is 12.9 Å². The van der Waals surface area contributed by atoms with Crippen LogP contribution in [0.25, 0.3) is 0 Å². The zero-order chi connectivity index (χ0) is 12.1. The van der Waals surface area contributed by atoms with E-state index < -0.39 is 0 Å². The molecule has 1 heterocycles. The highest BCUT2D eigenvalue weighted by Crippen LogP contribution is 2.21. The van der Waals surface area contributed by atoms with E-state index >= 15 is 0 Å². The van der Waals surface area contributed by atoms with Crippen LogP contribution in [0.3, 0.4) is 0 Å². The molecule has 0 aromatic carbocycles. The van der Waals surface area contributed by atoms with Crippen LogP contribution in [-0.4, -0.2) is 27.3 Å². The summed E-state index contributed by atoms with van der Waals surface area (Å²) in [5, 5.41) is 5.04. The lowest BCUT2D eigenvalue weighted by Gasteiger charge is -2.15. The third kappa shape index (κ3) is 3.38. The van der Waals surface area contributed by atoms with Crippen molar-refractivity contribution in [2.75, 3.05) is 11.5 Å². The van der Waals surface area contributed by atoms with Crippen molar-refractivity contribution >= 4 is 23.4 Å². The first kappa shape index (κ1) is 13.8. The molecule has 1 atom stereocenters. The molecule has 4 nitrogen and oxygen atoms in total. The minimum atomic E-state index is 0.234. The smallest absolute Gasteiger partial charge is 0.0847 e. The van der Waals surface area contributed by atoms with Gasteiger partial charge in [0.05, 0.1) is 16.4 Å². The molecule has 0 aliphatic carbocycles. The monoisotopic (exact) mass is 262 g/mol. The molecule has 0 saturated carbocycles. The molecule has 6 heteroatoms. The first-order valence-corrected chi connectivity index (χ1v) is 6.85. The van der Waals surface area contributed by atoms with Crippen LogP contribution in [0.15, 0.2) is 0 Å². The lowest BCUT2D eigenvalue weighted by Crippen LogP contribution is -2.39. The van der Waals surface area contributed by atoms with Gasteiger partial charge in [-0.25, -0.2) is 0 Å². The molecule has 3 N–H and O–H groups in total. The Kier molecular flexibility index (Phi) is 5.61. The quantitative estimate of drug-likeness (QED) is 0.603. The molecule has 0 aliphatic rings. The van der Waals surface area contributed by atoms with E-state index in [0.717, 1.165) is 34.3 Å². The summed E-state index contributed by atoms with van der Waals surface area (Å²) < 4.78 is 1.83. The molecule has 0 fully saturated rings. The molecule has 1 unspecified atom stereocenters. The molecule has 0 spiro atoms. The highest BCUT2D eigenvalue weighted by molar-refractivity contribution is 7.99. The molecule has 0 aliphatic heterocycles. The number of halogens is 1. The predicted molar refractivity (Wildman–Crippen MR) is 70.8 cm³/mol.